The number of aromatic nitrogens is 3. The van der Waals surface area contributed by atoms with E-state index in [4.69, 9.17) is 14.7 Å². The van der Waals surface area contributed by atoms with Crippen LogP contribution in [0.15, 0.2) is 36.5 Å². The normalized spacial score (nSPS) is 28.1. The number of imidazole rings is 1. The molecule has 0 unspecified atom stereocenters. The first-order chi connectivity index (χ1) is 15.7. The van der Waals surface area contributed by atoms with E-state index in [1.54, 1.807) is 0 Å². The summed E-state index contributed by atoms with van der Waals surface area (Å²) in [5.74, 6) is 2.67. The van der Waals surface area contributed by atoms with Gasteiger partial charge in [-0.1, -0.05) is 12.1 Å². The zero-order chi connectivity index (χ0) is 21.1. The molecular weight excluding hydrogens is 400 g/mol. The van der Waals surface area contributed by atoms with E-state index in [9.17, 15) is 0 Å². The third-order valence-corrected chi connectivity index (χ3v) is 8.14. The third-order valence-electron chi connectivity index (χ3n) is 8.14. The monoisotopic (exact) mass is 432 g/mol. The van der Waals surface area contributed by atoms with E-state index in [1.807, 2.05) is 18.2 Å². The minimum Gasteiger partial charge on any atom is -0.375 e. The third kappa shape index (κ3) is 3.29. The number of nitrogens with zero attached hydrogens (tertiary/aromatic N) is 5. The van der Waals surface area contributed by atoms with Crippen molar-refractivity contribution in [2.45, 2.75) is 37.9 Å². The molecule has 3 saturated heterocycles. The fraction of sp³-hybridized carbons (Fsp3) is 0.600. The van der Waals surface area contributed by atoms with Crippen LogP contribution in [0.25, 0.3) is 16.8 Å². The second kappa shape index (κ2) is 7.40. The lowest BCUT2D eigenvalue weighted by atomic mass is 9.73. The number of para-hydroxylation sites is 2. The van der Waals surface area contributed by atoms with Crippen molar-refractivity contribution in [1.82, 2.24) is 24.6 Å². The van der Waals surface area contributed by atoms with Gasteiger partial charge in [-0.25, -0.2) is 4.98 Å². The molecule has 4 aliphatic rings. The number of ether oxygens (including phenoxy) is 1. The van der Waals surface area contributed by atoms with Gasteiger partial charge < -0.3 is 19.9 Å². The summed E-state index contributed by atoms with van der Waals surface area (Å²) in [5, 5.41) is 3.43. The SMILES string of the molecule is c1ccc2c(c1)nc1nc(N3CCC(O[C@H]4C[C@H](CN5CC6(CNC6)C5)C4)CC3)ccn12. The number of benzene rings is 1. The van der Waals surface area contributed by atoms with Crippen LogP contribution in [0.2, 0.25) is 0 Å². The summed E-state index contributed by atoms with van der Waals surface area (Å²) in [6.07, 6.45) is 7.69. The second-order valence-corrected chi connectivity index (χ2v) is 10.6. The van der Waals surface area contributed by atoms with Gasteiger partial charge in [-0.05, 0) is 49.8 Å². The lowest BCUT2D eigenvalue weighted by Crippen LogP contribution is -2.71. The summed E-state index contributed by atoms with van der Waals surface area (Å²) >= 11 is 0. The van der Waals surface area contributed by atoms with Crippen molar-refractivity contribution in [3.63, 3.8) is 0 Å². The van der Waals surface area contributed by atoms with E-state index in [-0.39, 0.29) is 0 Å². The predicted octanol–water partition coefficient (Wildman–Crippen LogP) is 2.55. The highest BCUT2D eigenvalue weighted by Crippen LogP contribution is 2.39. The van der Waals surface area contributed by atoms with Gasteiger partial charge in [-0.2, -0.15) is 4.98 Å². The molecule has 2 aromatic heterocycles. The average Bonchev–Trinajstić information content (AvgIpc) is 3.10. The van der Waals surface area contributed by atoms with E-state index < -0.39 is 0 Å². The van der Waals surface area contributed by atoms with Gasteiger partial charge in [-0.3, -0.25) is 4.40 Å². The molecule has 1 spiro atoms. The molecule has 0 atom stereocenters. The standard InChI is InChI=1S/C25H32N6O/c1-2-4-22-21(3-1)27-24-28-23(7-10-31(22)24)30-8-5-19(6-9-30)32-20-11-18(12-20)13-29-16-25(17-29)14-26-15-25/h1-4,7,10,18-20,26H,5-6,8-9,11-17H2/t18-,20-. The smallest absolute Gasteiger partial charge is 0.236 e. The van der Waals surface area contributed by atoms with Gasteiger partial charge in [0.05, 0.1) is 23.2 Å². The number of rotatable bonds is 5. The van der Waals surface area contributed by atoms with Crippen LogP contribution in [-0.4, -0.2) is 77.3 Å². The molecule has 1 aromatic carbocycles. The Kier molecular flexibility index (Phi) is 4.46. The van der Waals surface area contributed by atoms with Crippen molar-refractivity contribution in [2.24, 2.45) is 11.3 Å². The minimum absolute atomic E-state index is 0.406. The van der Waals surface area contributed by atoms with Crippen molar-refractivity contribution < 1.29 is 4.74 Å². The molecule has 1 saturated carbocycles. The van der Waals surface area contributed by atoms with Crippen LogP contribution in [0.3, 0.4) is 0 Å². The number of anilines is 1. The molecule has 5 heterocycles. The molecule has 7 nitrogen and oxygen atoms in total. The molecule has 3 aliphatic heterocycles. The summed E-state index contributed by atoms with van der Waals surface area (Å²) in [7, 11) is 0. The molecule has 0 amide bonds. The molecule has 3 aromatic rings. The van der Waals surface area contributed by atoms with E-state index in [2.05, 4.69) is 37.8 Å². The number of fused-ring (bicyclic) bond motifs is 3. The number of hydrogen-bond acceptors (Lipinski definition) is 6. The molecule has 1 N–H and O–H groups in total. The Labute approximate surface area is 188 Å². The van der Waals surface area contributed by atoms with Gasteiger partial charge in [0.1, 0.15) is 5.82 Å². The topological polar surface area (TPSA) is 57.9 Å². The fourth-order valence-electron chi connectivity index (χ4n) is 6.24. The van der Waals surface area contributed by atoms with Crippen LogP contribution < -0.4 is 10.2 Å². The average molecular weight is 433 g/mol. The van der Waals surface area contributed by atoms with E-state index in [0.29, 0.717) is 17.6 Å². The maximum atomic E-state index is 6.47. The molecule has 4 fully saturated rings. The second-order valence-electron chi connectivity index (χ2n) is 10.6. The van der Waals surface area contributed by atoms with Crippen molar-refractivity contribution >= 4 is 22.6 Å². The number of likely N-dealkylation sites (tertiary alicyclic amines) is 1. The van der Waals surface area contributed by atoms with E-state index in [1.165, 1.54) is 45.6 Å². The number of hydrogen-bond donors (Lipinski definition) is 1. The first-order valence-electron chi connectivity index (χ1n) is 12.3. The van der Waals surface area contributed by atoms with Crippen LogP contribution >= 0.6 is 0 Å². The maximum Gasteiger partial charge on any atom is 0.236 e. The number of nitrogens with one attached hydrogen (secondary N) is 1. The van der Waals surface area contributed by atoms with Crippen LogP contribution in [0, 0.1) is 11.3 Å². The Balaban J connectivity index is 0.894. The van der Waals surface area contributed by atoms with Gasteiger partial charge in [-0.15, -0.1) is 0 Å². The highest BCUT2D eigenvalue weighted by molar-refractivity contribution is 5.79. The quantitative estimate of drug-likeness (QED) is 0.669. The van der Waals surface area contributed by atoms with Gasteiger partial charge in [0.2, 0.25) is 5.78 Å². The van der Waals surface area contributed by atoms with Crippen molar-refractivity contribution in [1.29, 1.82) is 0 Å². The molecule has 1 aliphatic carbocycles. The van der Waals surface area contributed by atoms with Crippen LogP contribution in [0.4, 0.5) is 5.82 Å². The summed E-state index contributed by atoms with van der Waals surface area (Å²) in [6, 6.07) is 10.3. The van der Waals surface area contributed by atoms with Crippen molar-refractivity contribution in [2.75, 3.05) is 50.7 Å². The van der Waals surface area contributed by atoms with Gasteiger partial charge in [0.15, 0.2) is 0 Å². The predicted molar refractivity (Wildman–Crippen MR) is 125 cm³/mol. The van der Waals surface area contributed by atoms with Crippen molar-refractivity contribution in [3.8, 4) is 0 Å². The van der Waals surface area contributed by atoms with Gasteiger partial charge >= 0.3 is 0 Å². The first-order valence-corrected chi connectivity index (χ1v) is 12.3. The highest BCUT2D eigenvalue weighted by Gasteiger charge is 2.48. The largest absolute Gasteiger partial charge is 0.375 e. The van der Waals surface area contributed by atoms with Gasteiger partial charge in [0, 0.05) is 57.4 Å². The Morgan fingerprint density at radius 2 is 1.81 bits per heavy atom. The molecular formula is C25H32N6O. The van der Waals surface area contributed by atoms with Crippen LogP contribution in [0.5, 0.6) is 0 Å². The Morgan fingerprint density at radius 3 is 2.59 bits per heavy atom. The zero-order valence-corrected chi connectivity index (χ0v) is 18.6. The molecule has 7 rings (SSSR count). The van der Waals surface area contributed by atoms with Crippen LogP contribution in [0.1, 0.15) is 25.7 Å². The van der Waals surface area contributed by atoms with Crippen molar-refractivity contribution in [3.05, 3.63) is 36.5 Å². The first kappa shape index (κ1) is 19.3. The molecule has 0 radical (unpaired) electrons. The summed E-state index contributed by atoms with van der Waals surface area (Å²) < 4.78 is 8.54. The Bertz CT molecular complexity index is 1120. The lowest BCUT2D eigenvalue weighted by Gasteiger charge is -2.57. The lowest BCUT2D eigenvalue weighted by molar-refractivity contribution is -0.106. The molecule has 0 bridgehead atoms. The summed E-state index contributed by atoms with van der Waals surface area (Å²) in [5.41, 5.74) is 2.76. The number of piperidine rings is 1. The van der Waals surface area contributed by atoms with Gasteiger partial charge in [0.25, 0.3) is 0 Å². The molecule has 32 heavy (non-hydrogen) atoms. The molecule has 168 valence electrons. The minimum atomic E-state index is 0.406. The van der Waals surface area contributed by atoms with E-state index >= 15 is 0 Å². The Morgan fingerprint density at radius 1 is 1.00 bits per heavy atom. The Hall–Kier alpha value is -2.22. The maximum absolute atomic E-state index is 6.47. The van der Waals surface area contributed by atoms with Crippen LogP contribution in [-0.2, 0) is 4.74 Å². The van der Waals surface area contributed by atoms with E-state index in [0.717, 1.165) is 54.5 Å². The fourth-order valence-corrected chi connectivity index (χ4v) is 6.24. The summed E-state index contributed by atoms with van der Waals surface area (Å²) in [4.78, 5) is 14.6. The highest BCUT2D eigenvalue weighted by atomic mass is 16.5. The molecule has 7 heteroatoms. The summed E-state index contributed by atoms with van der Waals surface area (Å²) in [6.45, 7) is 8.41. The zero-order valence-electron chi connectivity index (χ0n) is 18.6.